The zero-order valence-corrected chi connectivity index (χ0v) is 16.3. The second-order valence-corrected chi connectivity index (χ2v) is 7.08. The lowest BCUT2D eigenvalue weighted by atomic mass is 10.2. The van der Waals surface area contributed by atoms with E-state index in [9.17, 15) is 4.79 Å². The van der Waals surface area contributed by atoms with Gasteiger partial charge in [0.25, 0.3) is 5.56 Å². The monoisotopic (exact) mass is 412 g/mol. The summed E-state index contributed by atoms with van der Waals surface area (Å²) in [5.74, 6) is 0.368. The van der Waals surface area contributed by atoms with Crippen LogP contribution in [-0.2, 0) is 11.8 Å². The number of rotatable bonds is 3. The SMILES string of the molecule is Cn1c(=O)cc(N2CCOCC2)c2nc(Nc3cn4ncnc4cc3Cl)ncc21. The fraction of sp³-hybridized carbons (Fsp3) is 0.278. The van der Waals surface area contributed by atoms with Crippen LogP contribution in [-0.4, -0.2) is 55.4 Å². The van der Waals surface area contributed by atoms with E-state index in [1.165, 1.54) is 10.9 Å². The molecule has 10 nitrogen and oxygen atoms in total. The number of hydrogen-bond acceptors (Lipinski definition) is 8. The zero-order chi connectivity index (χ0) is 20.0. The van der Waals surface area contributed by atoms with Crippen LogP contribution in [0.2, 0.25) is 5.02 Å². The van der Waals surface area contributed by atoms with Crippen LogP contribution in [0.5, 0.6) is 0 Å². The Bertz CT molecular complexity index is 1280. The topological polar surface area (TPSA) is 102 Å². The van der Waals surface area contributed by atoms with Gasteiger partial charge < -0.3 is 19.5 Å². The smallest absolute Gasteiger partial charge is 0.252 e. The summed E-state index contributed by atoms with van der Waals surface area (Å²) in [5, 5.41) is 7.73. The van der Waals surface area contributed by atoms with Crippen LogP contribution in [0.1, 0.15) is 0 Å². The van der Waals surface area contributed by atoms with Gasteiger partial charge in [-0.2, -0.15) is 5.10 Å². The van der Waals surface area contributed by atoms with Gasteiger partial charge in [0.15, 0.2) is 5.65 Å². The summed E-state index contributed by atoms with van der Waals surface area (Å²) in [6.07, 6.45) is 4.82. The standard InChI is InChI=1S/C18H17ClN8O2/c1-25-14-8-20-18(23-12-9-27-15(6-11(12)19)21-10-22-27)24-17(14)13(7-16(25)28)26-2-4-29-5-3-26/h6-10H,2-5H2,1H3,(H,20,23,24). The molecule has 11 heteroatoms. The Hall–Kier alpha value is -3.24. The van der Waals surface area contributed by atoms with E-state index in [1.807, 2.05) is 0 Å². The highest BCUT2D eigenvalue weighted by Gasteiger charge is 2.18. The van der Waals surface area contributed by atoms with Crippen molar-refractivity contribution in [2.24, 2.45) is 7.05 Å². The molecule has 0 unspecified atom stereocenters. The highest BCUT2D eigenvalue weighted by atomic mass is 35.5. The Morgan fingerprint density at radius 1 is 1.21 bits per heavy atom. The number of halogens is 1. The van der Waals surface area contributed by atoms with Gasteiger partial charge in [-0.25, -0.2) is 19.5 Å². The lowest BCUT2D eigenvalue weighted by Gasteiger charge is -2.29. The molecule has 1 aliphatic heterocycles. The fourth-order valence-corrected chi connectivity index (χ4v) is 3.56. The maximum absolute atomic E-state index is 12.4. The van der Waals surface area contributed by atoms with E-state index in [-0.39, 0.29) is 5.56 Å². The highest BCUT2D eigenvalue weighted by Crippen LogP contribution is 2.28. The number of nitrogens with one attached hydrogen (secondary N) is 1. The van der Waals surface area contributed by atoms with Crippen LogP contribution in [0, 0.1) is 0 Å². The van der Waals surface area contributed by atoms with E-state index in [1.54, 1.807) is 36.1 Å². The molecule has 1 fully saturated rings. The van der Waals surface area contributed by atoms with Crippen LogP contribution in [0.25, 0.3) is 16.7 Å². The lowest BCUT2D eigenvalue weighted by molar-refractivity contribution is 0.123. The first-order valence-electron chi connectivity index (χ1n) is 9.05. The molecule has 0 aliphatic carbocycles. The Kier molecular flexibility index (Phi) is 4.29. The minimum atomic E-state index is -0.108. The maximum Gasteiger partial charge on any atom is 0.252 e. The molecule has 0 radical (unpaired) electrons. The molecule has 29 heavy (non-hydrogen) atoms. The van der Waals surface area contributed by atoms with Gasteiger partial charge in [-0.15, -0.1) is 0 Å². The van der Waals surface area contributed by atoms with Crippen LogP contribution < -0.4 is 15.8 Å². The molecule has 1 aliphatic rings. The zero-order valence-electron chi connectivity index (χ0n) is 15.5. The van der Waals surface area contributed by atoms with Crippen molar-refractivity contribution in [1.82, 2.24) is 29.1 Å². The third-order valence-corrected chi connectivity index (χ3v) is 5.24. The highest BCUT2D eigenvalue weighted by molar-refractivity contribution is 6.33. The Morgan fingerprint density at radius 2 is 2.03 bits per heavy atom. The Labute approximate surface area is 169 Å². The molecule has 0 bridgehead atoms. The maximum atomic E-state index is 12.4. The molecule has 0 aromatic carbocycles. The largest absolute Gasteiger partial charge is 0.378 e. The van der Waals surface area contributed by atoms with Crippen molar-refractivity contribution >= 4 is 45.6 Å². The van der Waals surface area contributed by atoms with Gasteiger partial charge in [0.1, 0.15) is 11.8 Å². The van der Waals surface area contributed by atoms with Crippen molar-refractivity contribution in [3.63, 3.8) is 0 Å². The Balaban J connectivity index is 1.60. The molecule has 5 rings (SSSR count). The third-order valence-electron chi connectivity index (χ3n) is 4.93. The number of nitrogens with zero attached hydrogens (tertiary/aromatic N) is 7. The van der Waals surface area contributed by atoms with Gasteiger partial charge in [0, 0.05) is 32.3 Å². The van der Waals surface area contributed by atoms with E-state index in [2.05, 4.69) is 30.3 Å². The van der Waals surface area contributed by atoms with Gasteiger partial charge in [0.2, 0.25) is 5.95 Å². The molecule has 1 N–H and O–H groups in total. The first-order chi connectivity index (χ1) is 14.1. The molecule has 5 heterocycles. The van der Waals surface area contributed by atoms with E-state index in [0.29, 0.717) is 59.6 Å². The Morgan fingerprint density at radius 3 is 2.86 bits per heavy atom. The van der Waals surface area contributed by atoms with Crippen molar-refractivity contribution in [2.75, 3.05) is 36.5 Å². The summed E-state index contributed by atoms with van der Waals surface area (Å²) in [6, 6.07) is 3.32. The predicted octanol–water partition coefficient (Wildman–Crippen LogP) is 1.60. The van der Waals surface area contributed by atoms with Crippen molar-refractivity contribution in [3.8, 4) is 0 Å². The normalized spacial score (nSPS) is 14.6. The van der Waals surface area contributed by atoms with Crippen molar-refractivity contribution in [3.05, 3.63) is 46.2 Å². The molecule has 4 aromatic rings. The summed E-state index contributed by atoms with van der Waals surface area (Å²) < 4.78 is 8.58. The molecular formula is C18H17ClN8O2. The van der Waals surface area contributed by atoms with Crippen molar-refractivity contribution < 1.29 is 4.74 Å². The molecule has 1 saturated heterocycles. The summed E-state index contributed by atoms with van der Waals surface area (Å²) in [4.78, 5) is 27.7. The number of pyridine rings is 2. The number of ether oxygens (including phenoxy) is 1. The molecule has 4 aromatic heterocycles. The van der Waals surface area contributed by atoms with Gasteiger partial charge in [-0.3, -0.25) is 4.79 Å². The number of aromatic nitrogens is 6. The average molecular weight is 413 g/mol. The first-order valence-corrected chi connectivity index (χ1v) is 9.43. The van der Waals surface area contributed by atoms with Crippen LogP contribution in [0.3, 0.4) is 0 Å². The summed E-state index contributed by atoms with van der Waals surface area (Å²) >= 11 is 6.36. The fourth-order valence-electron chi connectivity index (χ4n) is 3.37. The summed E-state index contributed by atoms with van der Waals surface area (Å²) in [7, 11) is 1.71. The van der Waals surface area contributed by atoms with Crippen LogP contribution in [0.15, 0.2) is 35.6 Å². The summed E-state index contributed by atoms with van der Waals surface area (Å²) in [6.45, 7) is 2.62. The number of hydrogen-bond donors (Lipinski definition) is 1. The number of aryl methyl sites for hydroxylation is 1. The van der Waals surface area contributed by atoms with Crippen LogP contribution >= 0.6 is 11.6 Å². The quantitative estimate of drug-likeness (QED) is 0.541. The molecule has 0 spiro atoms. The van der Waals surface area contributed by atoms with E-state index in [0.717, 1.165) is 5.69 Å². The summed E-state index contributed by atoms with van der Waals surface area (Å²) in [5.41, 5.74) is 3.25. The minimum absolute atomic E-state index is 0.108. The molecular weight excluding hydrogens is 396 g/mol. The van der Waals surface area contributed by atoms with Gasteiger partial charge in [-0.05, 0) is 0 Å². The first kappa shape index (κ1) is 17.8. The van der Waals surface area contributed by atoms with Crippen molar-refractivity contribution in [1.29, 1.82) is 0 Å². The van der Waals surface area contributed by atoms with E-state index in [4.69, 9.17) is 16.3 Å². The van der Waals surface area contributed by atoms with Gasteiger partial charge in [-0.1, -0.05) is 11.6 Å². The van der Waals surface area contributed by atoms with Gasteiger partial charge >= 0.3 is 0 Å². The van der Waals surface area contributed by atoms with E-state index >= 15 is 0 Å². The van der Waals surface area contributed by atoms with Crippen LogP contribution in [0.4, 0.5) is 17.3 Å². The van der Waals surface area contributed by atoms with Crippen molar-refractivity contribution in [2.45, 2.75) is 0 Å². The molecule has 0 atom stereocenters. The second-order valence-electron chi connectivity index (χ2n) is 6.68. The number of morpholine rings is 1. The number of fused-ring (bicyclic) bond motifs is 2. The number of anilines is 3. The average Bonchev–Trinajstić information content (AvgIpc) is 3.18. The second kappa shape index (κ2) is 6.98. The van der Waals surface area contributed by atoms with E-state index < -0.39 is 0 Å². The molecule has 0 amide bonds. The predicted molar refractivity (Wildman–Crippen MR) is 109 cm³/mol. The van der Waals surface area contributed by atoms with Gasteiger partial charge in [0.05, 0.1) is 47.5 Å². The lowest BCUT2D eigenvalue weighted by Crippen LogP contribution is -2.37. The molecule has 148 valence electrons. The minimum Gasteiger partial charge on any atom is -0.378 e. The third kappa shape index (κ3) is 3.15. The molecule has 0 saturated carbocycles.